The van der Waals surface area contributed by atoms with Gasteiger partial charge in [-0.05, 0) is 36.8 Å². The van der Waals surface area contributed by atoms with Crippen LogP contribution in [0.5, 0.6) is 5.75 Å². The number of carbonyl (C=O) groups is 3. The Labute approximate surface area is 215 Å². The number of morpholine rings is 1. The molecule has 1 N–H and O–H groups in total. The molecule has 2 fully saturated rings. The van der Waals surface area contributed by atoms with Crippen LogP contribution in [0.4, 0.5) is 5.69 Å². The Morgan fingerprint density at radius 2 is 1.70 bits per heavy atom. The summed E-state index contributed by atoms with van der Waals surface area (Å²) in [5.41, 5.74) is -0.430. The smallest absolute Gasteiger partial charge is 0.296 e. The molecule has 0 aliphatic carbocycles. The van der Waals surface area contributed by atoms with Gasteiger partial charge in [-0.15, -0.1) is 0 Å². The summed E-state index contributed by atoms with van der Waals surface area (Å²) in [4.78, 5) is 46.8. The number of Topliss-reactive ketones (excluding diaryl/α,β-unsaturated/α-hetero) is 1. The van der Waals surface area contributed by atoms with E-state index in [0.717, 1.165) is 0 Å². The number of ketones is 1. The van der Waals surface area contributed by atoms with Crippen molar-refractivity contribution in [1.29, 1.82) is 0 Å². The van der Waals surface area contributed by atoms with Gasteiger partial charge in [0.2, 0.25) is 0 Å². The summed E-state index contributed by atoms with van der Waals surface area (Å²) in [5, 5.41) is 11.5. The first-order chi connectivity index (χ1) is 17.9. The molecule has 2 aromatic rings. The number of para-hydroxylation sites is 1. The highest BCUT2D eigenvalue weighted by Gasteiger charge is 2.66. The fourth-order valence-corrected chi connectivity index (χ4v) is 5.57. The monoisotopic (exact) mass is 505 g/mol. The van der Waals surface area contributed by atoms with E-state index < -0.39 is 23.1 Å². The van der Waals surface area contributed by atoms with Gasteiger partial charge in [-0.1, -0.05) is 25.1 Å². The van der Waals surface area contributed by atoms with E-state index in [2.05, 4.69) is 4.90 Å². The molecule has 9 nitrogen and oxygen atoms in total. The second-order valence-electron chi connectivity index (χ2n) is 9.38. The van der Waals surface area contributed by atoms with E-state index in [1.54, 1.807) is 41.3 Å². The lowest BCUT2D eigenvalue weighted by atomic mass is 9.82. The number of methoxy groups -OCH3 is 1. The summed E-state index contributed by atoms with van der Waals surface area (Å²) in [6, 6.07) is 13.8. The highest BCUT2D eigenvalue weighted by molar-refractivity contribution is 6.50. The number of amides is 2. The Balaban J connectivity index is 1.69. The van der Waals surface area contributed by atoms with Crippen molar-refractivity contribution >= 4 is 29.0 Å². The molecule has 3 aliphatic heterocycles. The Morgan fingerprint density at radius 3 is 2.38 bits per heavy atom. The molecule has 0 aromatic heterocycles. The van der Waals surface area contributed by atoms with Crippen molar-refractivity contribution in [3.8, 4) is 5.75 Å². The van der Waals surface area contributed by atoms with Crippen LogP contribution < -0.4 is 9.64 Å². The van der Waals surface area contributed by atoms with E-state index in [9.17, 15) is 19.5 Å². The number of nitrogens with zero attached hydrogens (tertiary/aromatic N) is 3. The molecule has 3 heterocycles. The van der Waals surface area contributed by atoms with Gasteiger partial charge in [-0.2, -0.15) is 0 Å². The van der Waals surface area contributed by atoms with Gasteiger partial charge in [0.05, 0.1) is 31.6 Å². The van der Waals surface area contributed by atoms with E-state index in [0.29, 0.717) is 68.4 Å². The quantitative estimate of drug-likeness (QED) is 0.350. The Morgan fingerprint density at radius 1 is 1.00 bits per heavy atom. The number of anilines is 1. The fraction of sp³-hybridized carbons (Fsp3) is 0.393. The second-order valence-corrected chi connectivity index (χ2v) is 9.38. The summed E-state index contributed by atoms with van der Waals surface area (Å²) < 4.78 is 10.7. The number of benzene rings is 2. The summed E-state index contributed by atoms with van der Waals surface area (Å²) in [6.45, 7) is 5.61. The predicted molar refractivity (Wildman–Crippen MR) is 137 cm³/mol. The van der Waals surface area contributed by atoms with Gasteiger partial charge in [0.15, 0.2) is 5.54 Å². The lowest BCUT2D eigenvalue weighted by Crippen LogP contribution is -2.54. The minimum atomic E-state index is -1.74. The van der Waals surface area contributed by atoms with Crippen molar-refractivity contribution in [2.24, 2.45) is 0 Å². The Hall–Kier alpha value is -3.69. The summed E-state index contributed by atoms with van der Waals surface area (Å²) >= 11 is 0. The number of aliphatic hydroxyl groups is 1. The van der Waals surface area contributed by atoms with Gasteiger partial charge >= 0.3 is 0 Å². The molecule has 1 spiro atoms. The molecule has 194 valence electrons. The number of ether oxygens (including phenoxy) is 2. The van der Waals surface area contributed by atoms with Crippen LogP contribution in [0.2, 0.25) is 0 Å². The van der Waals surface area contributed by atoms with E-state index in [4.69, 9.17) is 9.47 Å². The van der Waals surface area contributed by atoms with E-state index in [-0.39, 0.29) is 17.9 Å². The van der Waals surface area contributed by atoms with Crippen molar-refractivity contribution < 1.29 is 29.0 Å². The third-order valence-electron chi connectivity index (χ3n) is 7.36. The van der Waals surface area contributed by atoms with Crippen LogP contribution in [-0.4, -0.2) is 85.6 Å². The van der Waals surface area contributed by atoms with Crippen molar-refractivity contribution in [3.63, 3.8) is 0 Å². The van der Waals surface area contributed by atoms with Crippen LogP contribution in [0.25, 0.3) is 5.76 Å². The molecule has 2 amide bonds. The first-order valence-electron chi connectivity index (χ1n) is 12.6. The zero-order valence-corrected chi connectivity index (χ0v) is 21.1. The molecule has 0 saturated carbocycles. The van der Waals surface area contributed by atoms with Crippen molar-refractivity contribution in [2.45, 2.75) is 18.9 Å². The predicted octanol–water partition coefficient (Wildman–Crippen LogP) is 2.36. The molecule has 2 saturated heterocycles. The normalized spacial score (nSPS) is 23.2. The minimum Gasteiger partial charge on any atom is -0.507 e. The first kappa shape index (κ1) is 25.0. The van der Waals surface area contributed by atoms with Gasteiger partial charge in [0.25, 0.3) is 17.6 Å². The van der Waals surface area contributed by atoms with Crippen LogP contribution >= 0.6 is 0 Å². The molecule has 0 bridgehead atoms. The van der Waals surface area contributed by atoms with Crippen LogP contribution in [0.1, 0.15) is 24.5 Å². The largest absolute Gasteiger partial charge is 0.507 e. The van der Waals surface area contributed by atoms with Gasteiger partial charge in [0, 0.05) is 43.9 Å². The van der Waals surface area contributed by atoms with Crippen molar-refractivity contribution in [3.05, 3.63) is 65.2 Å². The molecule has 5 rings (SSSR count). The average Bonchev–Trinajstić information content (AvgIpc) is 3.31. The van der Waals surface area contributed by atoms with Gasteiger partial charge in [-0.25, -0.2) is 0 Å². The highest BCUT2D eigenvalue weighted by atomic mass is 16.5. The second kappa shape index (κ2) is 9.99. The topological polar surface area (TPSA) is 99.6 Å². The maximum Gasteiger partial charge on any atom is 0.296 e. The first-order valence-corrected chi connectivity index (χ1v) is 12.6. The zero-order chi connectivity index (χ0) is 26.2. The molecule has 9 heteroatoms. The third-order valence-corrected chi connectivity index (χ3v) is 7.36. The number of fused-ring (bicyclic) bond motifs is 2. The number of aliphatic hydroxyl groups excluding tert-OH is 1. The fourth-order valence-electron chi connectivity index (χ4n) is 5.57. The third kappa shape index (κ3) is 3.89. The van der Waals surface area contributed by atoms with Gasteiger partial charge < -0.3 is 24.4 Å². The van der Waals surface area contributed by atoms with Crippen LogP contribution in [0.3, 0.4) is 0 Å². The average molecular weight is 506 g/mol. The van der Waals surface area contributed by atoms with Crippen LogP contribution in [-0.2, 0) is 24.7 Å². The summed E-state index contributed by atoms with van der Waals surface area (Å²) in [6.07, 6.45) is 0.690. The molecule has 0 radical (unpaired) electrons. The number of hydrogen-bond acceptors (Lipinski definition) is 7. The SMILES string of the molecule is CCCN1C(=O)[C@@]2(C(=C(O)c3ccc(OC)cc3)C(=O)C(=O)N2CCN2CCOCC2)c2ccccc21. The number of carbonyl (C=O) groups excluding carboxylic acids is 3. The molecular weight excluding hydrogens is 474 g/mol. The minimum absolute atomic E-state index is 0.157. The number of rotatable bonds is 7. The summed E-state index contributed by atoms with van der Waals surface area (Å²) in [7, 11) is 1.53. The van der Waals surface area contributed by atoms with Crippen LogP contribution in [0, 0.1) is 0 Å². The molecular formula is C28H31N3O6. The van der Waals surface area contributed by atoms with Gasteiger partial charge in [-0.3, -0.25) is 19.3 Å². The zero-order valence-electron chi connectivity index (χ0n) is 21.1. The van der Waals surface area contributed by atoms with E-state index in [1.165, 1.54) is 12.0 Å². The molecule has 3 aliphatic rings. The van der Waals surface area contributed by atoms with Crippen LogP contribution in [0.15, 0.2) is 54.1 Å². The highest BCUT2D eigenvalue weighted by Crippen LogP contribution is 2.53. The van der Waals surface area contributed by atoms with E-state index >= 15 is 0 Å². The number of hydrogen-bond donors (Lipinski definition) is 1. The molecule has 0 unspecified atom stereocenters. The van der Waals surface area contributed by atoms with Gasteiger partial charge in [0.1, 0.15) is 11.5 Å². The molecule has 37 heavy (non-hydrogen) atoms. The lowest BCUT2D eigenvalue weighted by Gasteiger charge is -2.36. The lowest BCUT2D eigenvalue weighted by molar-refractivity contribution is -0.144. The Bertz CT molecular complexity index is 1250. The van der Waals surface area contributed by atoms with Crippen molar-refractivity contribution in [2.75, 3.05) is 57.9 Å². The molecule has 2 aromatic carbocycles. The maximum absolute atomic E-state index is 14.4. The maximum atomic E-state index is 14.4. The molecule has 1 atom stereocenters. The standard InChI is InChI=1S/C28H31N3O6/c1-3-12-30-22-7-5-4-6-21(22)28(27(30)35)23(24(32)19-8-10-20(36-2)11-9-19)25(33)26(34)31(28)14-13-29-15-17-37-18-16-29/h4-11,32H,3,12-18H2,1-2H3/t28-/m0/s1. The number of likely N-dealkylation sites (tertiary alicyclic amines) is 1. The van der Waals surface area contributed by atoms with Crippen molar-refractivity contribution in [1.82, 2.24) is 9.80 Å². The Kier molecular flexibility index (Phi) is 6.74. The van der Waals surface area contributed by atoms with E-state index in [1.807, 2.05) is 19.1 Å². The summed E-state index contributed by atoms with van der Waals surface area (Å²) in [5.74, 6) is -1.85.